The zero-order chi connectivity index (χ0) is 29.2. The van der Waals surface area contributed by atoms with Crippen LogP contribution in [0.5, 0.6) is 0 Å². The summed E-state index contributed by atoms with van der Waals surface area (Å²) in [7, 11) is -4.58. The van der Waals surface area contributed by atoms with Gasteiger partial charge in [0.05, 0.1) is 21.8 Å². The van der Waals surface area contributed by atoms with Gasteiger partial charge in [-0.25, -0.2) is 8.42 Å². The third-order valence-corrected chi connectivity index (χ3v) is 7.28. The minimum atomic E-state index is -4.58. The number of carbonyl (C=O) groups is 3. The van der Waals surface area contributed by atoms with Crippen LogP contribution in [0.3, 0.4) is 0 Å². The Kier molecular flexibility index (Phi) is 18.3. The molecule has 218 valence electrons. The van der Waals surface area contributed by atoms with E-state index in [1.807, 2.05) is 0 Å². The van der Waals surface area contributed by atoms with Gasteiger partial charge in [-0.2, -0.15) is 4.33 Å². The minimum Gasteiger partial charge on any atom is -0.748 e. The third-order valence-electron chi connectivity index (χ3n) is 5.21. The van der Waals surface area contributed by atoms with Gasteiger partial charge in [-0.05, 0) is 67.7 Å². The van der Waals surface area contributed by atoms with Crippen molar-refractivity contribution >= 4 is 39.9 Å². The summed E-state index contributed by atoms with van der Waals surface area (Å²) in [5.74, 6) is -4.11. The van der Waals surface area contributed by atoms with Gasteiger partial charge >= 0.3 is 57.4 Å². The van der Waals surface area contributed by atoms with E-state index in [2.05, 4.69) is 20.0 Å². The van der Waals surface area contributed by atoms with E-state index in [0.717, 1.165) is 12.0 Å². The fourth-order valence-corrected chi connectivity index (χ4v) is 5.02. The molecular formula is C23H42KN2O10S2-. The second kappa shape index (κ2) is 17.2. The maximum absolute atomic E-state index is 13.1. The molecule has 0 aliphatic rings. The summed E-state index contributed by atoms with van der Waals surface area (Å²) in [6.45, 7) is 14.8. The molecule has 0 aliphatic heterocycles. The van der Waals surface area contributed by atoms with E-state index in [4.69, 9.17) is 4.74 Å². The van der Waals surface area contributed by atoms with E-state index in [1.165, 1.54) is 13.8 Å². The van der Waals surface area contributed by atoms with Gasteiger partial charge in [-0.15, -0.1) is 0 Å². The molecule has 3 unspecified atom stereocenters. The van der Waals surface area contributed by atoms with Gasteiger partial charge in [0.15, 0.2) is 0 Å². The SMILES string of the molecule is CCC(CC(CC(C)C(=O)NC(C)(C)CSOO[O-])C(=O)OC(C)(C)C)C(=O)NC(C)(C)CS(=O)(=O)[O-].[K+]. The number of rotatable bonds is 16. The molecule has 2 N–H and O–H groups in total. The molecule has 3 atom stereocenters. The molecule has 0 aromatic rings. The van der Waals surface area contributed by atoms with E-state index in [9.17, 15) is 32.6 Å². The van der Waals surface area contributed by atoms with Crippen LogP contribution < -0.4 is 67.3 Å². The Hall–Kier alpha value is 0.186. The van der Waals surface area contributed by atoms with Crippen LogP contribution in [0.4, 0.5) is 0 Å². The molecule has 0 aromatic heterocycles. The van der Waals surface area contributed by atoms with Gasteiger partial charge in [-0.3, -0.25) is 19.4 Å². The van der Waals surface area contributed by atoms with Crippen molar-refractivity contribution in [2.75, 3.05) is 11.5 Å². The largest absolute Gasteiger partial charge is 1.00 e. The molecule has 0 spiro atoms. The first-order chi connectivity index (χ1) is 16.6. The molecule has 0 aromatic carbocycles. The number of nitrogens with one attached hydrogen (secondary N) is 2. The van der Waals surface area contributed by atoms with Crippen molar-refractivity contribution in [2.24, 2.45) is 17.8 Å². The Balaban J connectivity index is 0. The molecule has 0 saturated carbocycles. The molecule has 0 radical (unpaired) electrons. The molecular weight excluding hydrogens is 567 g/mol. The molecule has 0 saturated heterocycles. The number of hydrogen-bond acceptors (Lipinski definition) is 11. The molecule has 2 amide bonds. The van der Waals surface area contributed by atoms with Crippen molar-refractivity contribution in [3.8, 4) is 0 Å². The van der Waals surface area contributed by atoms with Crippen molar-refractivity contribution in [2.45, 2.75) is 98.3 Å². The topological polar surface area (TPSA) is 183 Å². The van der Waals surface area contributed by atoms with Gasteiger partial charge in [0.25, 0.3) is 0 Å². The predicted octanol–water partition coefficient (Wildman–Crippen LogP) is -1.40. The third kappa shape index (κ3) is 18.5. The number of hydrogen-bond donors (Lipinski definition) is 2. The molecule has 0 heterocycles. The first kappa shape index (κ1) is 40.3. The zero-order valence-corrected chi connectivity index (χ0v) is 28.9. The Bertz CT molecular complexity index is 876. The second-order valence-electron chi connectivity index (χ2n) is 11.6. The minimum absolute atomic E-state index is 0. The molecule has 38 heavy (non-hydrogen) atoms. The summed E-state index contributed by atoms with van der Waals surface area (Å²) in [6, 6.07) is 0. The second-order valence-corrected chi connectivity index (χ2v) is 13.6. The van der Waals surface area contributed by atoms with Gasteiger partial charge in [-0.1, -0.05) is 13.8 Å². The van der Waals surface area contributed by atoms with E-state index in [1.54, 1.807) is 48.5 Å². The van der Waals surface area contributed by atoms with E-state index >= 15 is 0 Å². The van der Waals surface area contributed by atoms with Gasteiger partial charge < -0.3 is 25.2 Å². The van der Waals surface area contributed by atoms with Crippen molar-refractivity contribution < 1.29 is 98.1 Å². The van der Waals surface area contributed by atoms with Crippen LogP contribution in [-0.2, 0) is 38.6 Å². The smallest absolute Gasteiger partial charge is 0.748 e. The standard InChI is InChI=1S/C23H44N2O10S2.K/c1-10-16(19(27)25-23(8,9)14-37(30,31)32)12-17(20(28)33-21(3,4)5)11-15(2)18(26)24-22(6,7)13-36-35-34-29;/h15-17,29H,10-14H2,1-9H3,(H,24,26)(H,25,27)(H,30,31,32);/q;+1/p-2. The van der Waals surface area contributed by atoms with Gasteiger partial charge in [0.2, 0.25) is 11.8 Å². The van der Waals surface area contributed by atoms with E-state index < -0.39 is 62.2 Å². The van der Waals surface area contributed by atoms with Crippen LogP contribution in [0.2, 0.25) is 0 Å². The first-order valence-electron chi connectivity index (χ1n) is 12.0. The van der Waals surface area contributed by atoms with Crippen LogP contribution >= 0.6 is 12.0 Å². The monoisotopic (exact) mass is 609 g/mol. The van der Waals surface area contributed by atoms with Crippen LogP contribution in [0.15, 0.2) is 0 Å². The van der Waals surface area contributed by atoms with Crippen molar-refractivity contribution in [1.29, 1.82) is 0 Å². The first-order valence-corrected chi connectivity index (χ1v) is 14.5. The molecule has 0 rings (SSSR count). The molecule has 0 bridgehead atoms. The molecule has 0 aliphatic carbocycles. The number of ether oxygens (including phenoxy) is 1. The van der Waals surface area contributed by atoms with Crippen LogP contribution in [-0.4, -0.2) is 58.9 Å². The molecule has 12 nitrogen and oxygen atoms in total. The summed E-state index contributed by atoms with van der Waals surface area (Å²) in [5, 5.41) is 18.7. The Labute approximate surface area is 273 Å². The van der Waals surface area contributed by atoms with Gasteiger partial charge in [0, 0.05) is 40.7 Å². The predicted molar refractivity (Wildman–Crippen MR) is 135 cm³/mol. The Morgan fingerprint density at radius 1 is 0.921 bits per heavy atom. The zero-order valence-electron chi connectivity index (χ0n) is 24.2. The number of carbonyl (C=O) groups excluding carboxylic acids is 3. The molecule has 0 fully saturated rings. The van der Waals surface area contributed by atoms with Crippen molar-refractivity contribution in [3.05, 3.63) is 0 Å². The number of esters is 1. The average Bonchev–Trinajstić information content (AvgIpc) is 2.66. The summed E-state index contributed by atoms with van der Waals surface area (Å²) in [6.07, 6.45) is 0.479. The fraction of sp³-hybridized carbons (Fsp3) is 0.870. The fourth-order valence-electron chi connectivity index (χ4n) is 3.61. The normalized spacial score (nSPS) is 15.0. The summed E-state index contributed by atoms with van der Waals surface area (Å²) < 4.78 is 43.4. The maximum atomic E-state index is 13.1. The number of amides is 2. The van der Waals surface area contributed by atoms with Crippen molar-refractivity contribution in [1.82, 2.24) is 10.6 Å². The Morgan fingerprint density at radius 3 is 1.89 bits per heavy atom. The summed E-state index contributed by atoms with van der Waals surface area (Å²) >= 11 is 0.736. The quantitative estimate of drug-likeness (QED) is 0.0399. The summed E-state index contributed by atoms with van der Waals surface area (Å²) in [5.41, 5.74) is -2.85. The van der Waals surface area contributed by atoms with Gasteiger partial charge in [0.1, 0.15) is 5.60 Å². The van der Waals surface area contributed by atoms with Crippen LogP contribution in [0, 0.1) is 17.8 Å². The summed E-state index contributed by atoms with van der Waals surface area (Å²) in [4.78, 5) is 38.9. The molecule has 15 heteroatoms. The Morgan fingerprint density at radius 2 is 1.45 bits per heavy atom. The van der Waals surface area contributed by atoms with E-state index in [-0.39, 0.29) is 75.9 Å². The van der Waals surface area contributed by atoms with E-state index in [0.29, 0.717) is 6.42 Å². The van der Waals surface area contributed by atoms with Crippen LogP contribution in [0.25, 0.3) is 0 Å². The maximum Gasteiger partial charge on any atom is 1.00 e. The van der Waals surface area contributed by atoms with Crippen LogP contribution in [0.1, 0.15) is 81.6 Å². The van der Waals surface area contributed by atoms with Crippen molar-refractivity contribution in [3.63, 3.8) is 0 Å². The average molecular weight is 610 g/mol.